The van der Waals surface area contributed by atoms with Crippen LogP contribution in [0.3, 0.4) is 0 Å². The SMILES string of the molecule is CC(=O)SC1CC(=O)N(CCO[Si](C)(C)C(C)(C)C)C1. The van der Waals surface area contributed by atoms with E-state index in [2.05, 4.69) is 33.9 Å². The number of carbonyl (C=O) groups excluding carboxylic acids is 2. The lowest BCUT2D eigenvalue weighted by Crippen LogP contribution is -2.43. The van der Waals surface area contributed by atoms with Crippen LogP contribution in [-0.2, 0) is 14.0 Å². The minimum absolute atomic E-state index is 0.0853. The smallest absolute Gasteiger partial charge is 0.223 e. The number of nitrogens with zero attached hydrogens (tertiary/aromatic N) is 1. The molecule has 0 spiro atoms. The Morgan fingerprint density at radius 2 is 2.05 bits per heavy atom. The summed E-state index contributed by atoms with van der Waals surface area (Å²) in [6, 6.07) is 0. The van der Waals surface area contributed by atoms with Crippen LogP contribution >= 0.6 is 11.8 Å². The maximum atomic E-state index is 11.9. The van der Waals surface area contributed by atoms with Crippen LogP contribution in [0.5, 0.6) is 0 Å². The van der Waals surface area contributed by atoms with E-state index in [1.54, 1.807) is 6.92 Å². The van der Waals surface area contributed by atoms with Gasteiger partial charge in [-0.2, -0.15) is 0 Å². The molecule has 1 atom stereocenters. The quantitative estimate of drug-likeness (QED) is 0.732. The van der Waals surface area contributed by atoms with Gasteiger partial charge in [-0.05, 0) is 18.1 Å². The average Bonchev–Trinajstić information content (AvgIpc) is 2.56. The molecule has 0 radical (unpaired) electrons. The van der Waals surface area contributed by atoms with Gasteiger partial charge in [0.15, 0.2) is 13.4 Å². The summed E-state index contributed by atoms with van der Waals surface area (Å²) < 4.78 is 6.09. The minimum atomic E-state index is -1.74. The molecule has 1 heterocycles. The van der Waals surface area contributed by atoms with E-state index in [9.17, 15) is 9.59 Å². The van der Waals surface area contributed by atoms with Gasteiger partial charge in [0.25, 0.3) is 0 Å². The third-order valence-electron chi connectivity index (χ3n) is 4.14. The van der Waals surface area contributed by atoms with Gasteiger partial charge in [0.1, 0.15) is 0 Å². The van der Waals surface area contributed by atoms with E-state index in [-0.39, 0.29) is 21.3 Å². The third-order valence-corrected chi connectivity index (χ3v) is 9.66. The number of hydrogen-bond donors (Lipinski definition) is 0. The van der Waals surface area contributed by atoms with Gasteiger partial charge in [0.05, 0.1) is 6.61 Å². The summed E-state index contributed by atoms with van der Waals surface area (Å²) in [5.41, 5.74) is 0. The summed E-state index contributed by atoms with van der Waals surface area (Å²) in [6.07, 6.45) is 0.477. The molecule has 0 aromatic carbocycles. The number of thioether (sulfide) groups is 1. The zero-order valence-electron chi connectivity index (χ0n) is 13.5. The van der Waals surface area contributed by atoms with Gasteiger partial charge in [0.2, 0.25) is 5.91 Å². The largest absolute Gasteiger partial charge is 0.415 e. The van der Waals surface area contributed by atoms with Gasteiger partial charge in [-0.15, -0.1) is 0 Å². The van der Waals surface area contributed by atoms with Gasteiger partial charge in [-0.1, -0.05) is 32.5 Å². The Balaban J connectivity index is 2.40. The number of hydrogen-bond acceptors (Lipinski definition) is 4. The molecule has 116 valence electrons. The van der Waals surface area contributed by atoms with Crippen molar-refractivity contribution in [3.05, 3.63) is 0 Å². The topological polar surface area (TPSA) is 46.6 Å². The Labute approximate surface area is 127 Å². The Bertz CT molecular complexity index is 379. The molecule has 0 aromatic rings. The van der Waals surface area contributed by atoms with Crippen molar-refractivity contribution in [2.24, 2.45) is 0 Å². The van der Waals surface area contributed by atoms with Gasteiger partial charge >= 0.3 is 0 Å². The molecule has 1 aliphatic rings. The molecule has 20 heavy (non-hydrogen) atoms. The normalized spacial score (nSPS) is 20.6. The van der Waals surface area contributed by atoms with E-state index in [4.69, 9.17) is 4.43 Å². The maximum absolute atomic E-state index is 11.9. The molecule has 1 rings (SSSR count). The highest BCUT2D eigenvalue weighted by Crippen LogP contribution is 2.36. The second-order valence-corrected chi connectivity index (χ2v) is 13.2. The van der Waals surface area contributed by atoms with Crippen molar-refractivity contribution in [2.75, 3.05) is 19.7 Å². The van der Waals surface area contributed by atoms with Gasteiger partial charge < -0.3 is 9.33 Å². The second-order valence-electron chi connectivity index (χ2n) is 6.88. The summed E-state index contributed by atoms with van der Waals surface area (Å²) in [5, 5.41) is 0.393. The number of rotatable bonds is 5. The summed E-state index contributed by atoms with van der Waals surface area (Å²) in [5.74, 6) is 0.141. The highest BCUT2D eigenvalue weighted by molar-refractivity contribution is 8.14. The highest BCUT2D eigenvalue weighted by Gasteiger charge is 2.37. The van der Waals surface area contributed by atoms with Gasteiger partial charge in [-0.3, -0.25) is 9.59 Å². The van der Waals surface area contributed by atoms with Crippen LogP contribution in [0.4, 0.5) is 0 Å². The number of likely N-dealkylation sites (tertiary alicyclic amines) is 1. The van der Waals surface area contributed by atoms with Crippen molar-refractivity contribution in [3.8, 4) is 0 Å². The standard InChI is InChI=1S/C14H27NO3SSi/c1-11(16)19-12-9-13(17)15(10-12)7-8-18-20(5,6)14(2,3)4/h12H,7-10H2,1-6H3. The lowest BCUT2D eigenvalue weighted by molar-refractivity contribution is -0.128. The molecular formula is C14H27NO3SSi. The number of carbonyl (C=O) groups is 2. The highest BCUT2D eigenvalue weighted by atomic mass is 32.2. The van der Waals surface area contributed by atoms with Gasteiger partial charge in [-0.25, -0.2) is 0 Å². The first-order valence-electron chi connectivity index (χ1n) is 7.12. The molecule has 6 heteroatoms. The Hall–Kier alpha value is -0.333. The molecule has 0 saturated carbocycles. The molecule has 1 aliphatic heterocycles. The summed E-state index contributed by atoms with van der Waals surface area (Å²) >= 11 is 1.28. The van der Waals surface area contributed by atoms with Crippen LogP contribution in [0.25, 0.3) is 0 Å². The van der Waals surface area contributed by atoms with Crippen LogP contribution in [0.2, 0.25) is 18.1 Å². The molecule has 1 amide bonds. The molecule has 1 saturated heterocycles. The molecule has 1 fully saturated rings. The first-order valence-corrected chi connectivity index (χ1v) is 10.9. The van der Waals surface area contributed by atoms with Crippen molar-refractivity contribution >= 4 is 31.1 Å². The predicted molar refractivity (Wildman–Crippen MR) is 86.4 cm³/mol. The van der Waals surface area contributed by atoms with E-state index >= 15 is 0 Å². The van der Waals surface area contributed by atoms with Crippen LogP contribution in [0.1, 0.15) is 34.1 Å². The summed E-state index contributed by atoms with van der Waals surface area (Å²) in [6.45, 7) is 14.5. The first-order chi connectivity index (χ1) is 9.03. The maximum Gasteiger partial charge on any atom is 0.223 e. The fourth-order valence-corrected chi connectivity index (χ4v) is 3.88. The van der Waals surface area contributed by atoms with E-state index in [0.29, 0.717) is 26.1 Å². The van der Waals surface area contributed by atoms with Crippen molar-refractivity contribution < 1.29 is 14.0 Å². The second kappa shape index (κ2) is 6.62. The summed E-state index contributed by atoms with van der Waals surface area (Å²) in [7, 11) is -1.74. The van der Waals surface area contributed by atoms with Crippen molar-refractivity contribution in [1.29, 1.82) is 0 Å². The molecule has 0 N–H and O–H groups in total. The lowest BCUT2D eigenvalue weighted by atomic mass is 10.2. The van der Waals surface area contributed by atoms with Crippen molar-refractivity contribution in [2.45, 2.75) is 57.5 Å². The zero-order valence-corrected chi connectivity index (χ0v) is 15.3. The average molecular weight is 318 g/mol. The van der Waals surface area contributed by atoms with E-state index in [1.165, 1.54) is 11.8 Å². The Kier molecular flexibility index (Phi) is 5.86. The molecule has 0 aliphatic carbocycles. The molecule has 4 nitrogen and oxygen atoms in total. The molecule has 0 bridgehead atoms. The van der Waals surface area contributed by atoms with E-state index < -0.39 is 8.32 Å². The van der Waals surface area contributed by atoms with Crippen molar-refractivity contribution in [3.63, 3.8) is 0 Å². The zero-order chi connectivity index (χ0) is 15.6. The monoisotopic (exact) mass is 317 g/mol. The van der Waals surface area contributed by atoms with Gasteiger partial charge in [0, 0.05) is 31.7 Å². The third kappa shape index (κ3) is 4.89. The van der Waals surface area contributed by atoms with E-state index in [0.717, 1.165) is 0 Å². The van der Waals surface area contributed by atoms with Crippen molar-refractivity contribution in [1.82, 2.24) is 4.90 Å². The van der Waals surface area contributed by atoms with Crippen LogP contribution in [-0.4, -0.2) is 49.2 Å². The Morgan fingerprint density at radius 1 is 1.45 bits per heavy atom. The van der Waals surface area contributed by atoms with Crippen LogP contribution in [0, 0.1) is 0 Å². The molecule has 0 aromatic heterocycles. The molecule has 1 unspecified atom stereocenters. The fourth-order valence-electron chi connectivity index (χ4n) is 1.89. The molecular weight excluding hydrogens is 290 g/mol. The first kappa shape index (κ1) is 17.7. The predicted octanol–water partition coefficient (Wildman–Crippen LogP) is 2.89. The lowest BCUT2D eigenvalue weighted by Gasteiger charge is -2.36. The van der Waals surface area contributed by atoms with Crippen LogP contribution in [0.15, 0.2) is 0 Å². The fraction of sp³-hybridized carbons (Fsp3) is 0.857. The van der Waals surface area contributed by atoms with E-state index in [1.807, 2.05) is 4.90 Å². The minimum Gasteiger partial charge on any atom is -0.415 e. The number of amides is 1. The Morgan fingerprint density at radius 3 is 2.55 bits per heavy atom. The summed E-state index contributed by atoms with van der Waals surface area (Å²) in [4.78, 5) is 24.8. The van der Waals surface area contributed by atoms with Crippen LogP contribution < -0.4 is 0 Å².